The van der Waals surface area contributed by atoms with Gasteiger partial charge in [-0.3, -0.25) is 0 Å². The van der Waals surface area contributed by atoms with Gasteiger partial charge in [0.2, 0.25) is 0 Å². The molecule has 0 amide bonds. The summed E-state index contributed by atoms with van der Waals surface area (Å²) in [5.74, 6) is -0.794. The summed E-state index contributed by atoms with van der Waals surface area (Å²) in [7, 11) is 0. The molecule has 0 aliphatic heterocycles. The number of carbonyl (C=O) groups is 1. The molecule has 0 aromatic heterocycles. The molecule has 0 saturated heterocycles. The van der Waals surface area contributed by atoms with Gasteiger partial charge in [-0.1, -0.05) is 46.4 Å². The molecular weight excluding hydrogens is 305 g/mol. The van der Waals surface area contributed by atoms with Crippen LogP contribution in [0, 0.1) is 11.8 Å². The van der Waals surface area contributed by atoms with E-state index in [2.05, 4.69) is 6.58 Å². The molecule has 1 rings (SSSR count). The number of carbonyl (C=O) groups excluding carboxylic acids is 1. The van der Waals surface area contributed by atoms with Crippen LogP contribution in [0.2, 0.25) is 0 Å². The van der Waals surface area contributed by atoms with Gasteiger partial charge in [0.05, 0.1) is 5.56 Å². The molecule has 0 unspecified atom stereocenters. The fourth-order valence-corrected chi connectivity index (χ4v) is 2.79. The van der Waals surface area contributed by atoms with Gasteiger partial charge in [0.25, 0.3) is 0 Å². The van der Waals surface area contributed by atoms with Crippen molar-refractivity contribution in [2.75, 3.05) is 0 Å². The maximum Gasteiger partial charge on any atom is 0.416 e. The Morgan fingerprint density at radius 3 is 1.70 bits per heavy atom. The summed E-state index contributed by atoms with van der Waals surface area (Å²) < 4.78 is 44.0. The zero-order valence-electron chi connectivity index (χ0n) is 14.1. The zero-order valence-corrected chi connectivity index (χ0v) is 14.1. The Kier molecular flexibility index (Phi) is 5.67. The van der Waals surface area contributed by atoms with E-state index in [0.717, 1.165) is 12.1 Å². The number of hydrogen-bond acceptors (Lipinski definition) is 2. The highest BCUT2D eigenvalue weighted by Crippen LogP contribution is 2.42. The third-order valence-corrected chi connectivity index (χ3v) is 3.99. The molecule has 0 spiro atoms. The highest BCUT2D eigenvalue weighted by Gasteiger charge is 2.43. The first-order valence-electron chi connectivity index (χ1n) is 7.49. The number of alkyl halides is 3. The second kappa shape index (κ2) is 6.77. The fourth-order valence-electron chi connectivity index (χ4n) is 2.79. The third kappa shape index (κ3) is 3.95. The van der Waals surface area contributed by atoms with Crippen molar-refractivity contribution in [1.29, 1.82) is 0 Å². The lowest BCUT2D eigenvalue weighted by Gasteiger charge is -2.41. The van der Waals surface area contributed by atoms with E-state index in [1.807, 2.05) is 27.7 Å². The topological polar surface area (TPSA) is 26.3 Å². The maximum atomic E-state index is 12.8. The number of benzene rings is 1. The molecule has 1 aromatic carbocycles. The van der Waals surface area contributed by atoms with Gasteiger partial charge in [-0.15, -0.1) is 0 Å². The van der Waals surface area contributed by atoms with E-state index in [-0.39, 0.29) is 17.4 Å². The Hall–Kier alpha value is -1.78. The van der Waals surface area contributed by atoms with Crippen molar-refractivity contribution < 1.29 is 22.7 Å². The van der Waals surface area contributed by atoms with Crippen molar-refractivity contribution in [3.05, 3.63) is 47.5 Å². The van der Waals surface area contributed by atoms with Crippen LogP contribution < -0.4 is 0 Å². The SMILES string of the molecule is C=C(C)C(=O)OC(c1ccc(C(F)(F)F)cc1)(C(C)C)C(C)C. The molecule has 0 fully saturated rings. The second-order valence-corrected chi connectivity index (χ2v) is 6.35. The summed E-state index contributed by atoms with van der Waals surface area (Å²) in [5, 5.41) is 0. The molecule has 23 heavy (non-hydrogen) atoms. The number of ether oxygens (including phenoxy) is 1. The number of hydrogen-bond donors (Lipinski definition) is 0. The van der Waals surface area contributed by atoms with Gasteiger partial charge < -0.3 is 4.74 Å². The molecule has 0 N–H and O–H groups in total. The Labute approximate surface area is 135 Å². The van der Waals surface area contributed by atoms with Crippen LogP contribution in [0.5, 0.6) is 0 Å². The number of halogens is 3. The minimum Gasteiger partial charge on any atom is -0.450 e. The van der Waals surface area contributed by atoms with Gasteiger partial charge in [0.1, 0.15) is 5.60 Å². The van der Waals surface area contributed by atoms with E-state index in [0.29, 0.717) is 5.56 Å². The van der Waals surface area contributed by atoms with E-state index >= 15 is 0 Å². The average Bonchev–Trinajstić information content (AvgIpc) is 2.42. The van der Waals surface area contributed by atoms with Crippen molar-refractivity contribution in [2.24, 2.45) is 11.8 Å². The van der Waals surface area contributed by atoms with E-state index in [4.69, 9.17) is 4.74 Å². The molecule has 1 aromatic rings. The van der Waals surface area contributed by atoms with Crippen LogP contribution in [0.3, 0.4) is 0 Å². The molecule has 0 aliphatic carbocycles. The first-order valence-corrected chi connectivity index (χ1v) is 7.49. The van der Waals surface area contributed by atoms with E-state index in [9.17, 15) is 18.0 Å². The standard InChI is InChI=1S/C18H23F3O2/c1-11(2)16(22)23-17(12(3)4,13(5)6)14-7-9-15(10-8-14)18(19,20)21/h7-10,12-13H,1H2,2-6H3. The molecule has 128 valence electrons. The minimum atomic E-state index is -4.40. The van der Waals surface area contributed by atoms with Gasteiger partial charge in [0.15, 0.2) is 0 Å². The third-order valence-electron chi connectivity index (χ3n) is 3.99. The summed E-state index contributed by atoms with van der Waals surface area (Å²) in [6, 6.07) is 4.80. The summed E-state index contributed by atoms with van der Waals surface area (Å²) in [4.78, 5) is 12.1. The molecule has 0 heterocycles. The monoisotopic (exact) mass is 328 g/mol. The molecular formula is C18H23F3O2. The van der Waals surface area contributed by atoms with Crippen LogP contribution >= 0.6 is 0 Å². The highest BCUT2D eigenvalue weighted by molar-refractivity contribution is 5.87. The van der Waals surface area contributed by atoms with Crippen LogP contribution in [-0.2, 0) is 21.3 Å². The Bertz CT molecular complexity index is 561. The predicted octanol–water partition coefficient (Wildman–Crippen LogP) is 5.33. The van der Waals surface area contributed by atoms with Crippen LogP contribution in [0.25, 0.3) is 0 Å². The smallest absolute Gasteiger partial charge is 0.416 e. The quantitative estimate of drug-likeness (QED) is 0.539. The lowest BCUT2D eigenvalue weighted by Crippen LogP contribution is -2.42. The molecule has 2 nitrogen and oxygen atoms in total. The summed E-state index contributed by atoms with van der Waals surface area (Å²) in [5.41, 5.74) is -0.943. The van der Waals surface area contributed by atoms with Gasteiger partial charge >= 0.3 is 12.1 Å². The van der Waals surface area contributed by atoms with Crippen LogP contribution in [0.15, 0.2) is 36.4 Å². The number of rotatable bonds is 5. The molecule has 0 atom stereocenters. The molecule has 0 bridgehead atoms. The van der Waals surface area contributed by atoms with Crippen LogP contribution in [0.4, 0.5) is 13.2 Å². The molecule has 5 heteroatoms. The molecule has 0 saturated carbocycles. The van der Waals surface area contributed by atoms with Crippen molar-refractivity contribution in [3.8, 4) is 0 Å². The Balaban J connectivity index is 3.40. The average molecular weight is 328 g/mol. The predicted molar refractivity (Wildman–Crippen MR) is 83.7 cm³/mol. The van der Waals surface area contributed by atoms with Gasteiger partial charge in [-0.05, 0) is 36.5 Å². The zero-order chi connectivity index (χ0) is 18.0. The lowest BCUT2D eigenvalue weighted by molar-refractivity contribution is -0.169. The maximum absolute atomic E-state index is 12.8. The lowest BCUT2D eigenvalue weighted by atomic mass is 9.74. The van der Waals surface area contributed by atoms with E-state index in [1.54, 1.807) is 6.92 Å². The van der Waals surface area contributed by atoms with E-state index in [1.165, 1.54) is 12.1 Å². The summed E-state index contributed by atoms with van der Waals surface area (Å²) in [6.07, 6.45) is -4.40. The molecule has 0 radical (unpaired) electrons. The van der Waals surface area contributed by atoms with Crippen molar-refractivity contribution in [3.63, 3.8) is 0 Å². The summed E-state index contributed by atoms with van der Waals surface area (Å²) in [6.45, 7) is 12.6. The van der Waals surface area contributed by atoms with Crippen molar-refractivity contribution in [1.82, 2.24) is 0 Å². The fraction of sp³-hybridized carbons (Fsp3) is 0.500. The van der Waals surface area contributed by atoms with Crippen LogP contribution in [-0.4, -0.2) is 5.97 Å². The number of esters is 1. The summed E-state index contributed by atoms with van der Waals surface area (Å²) >= 11 is 0. The van der Waals surface area contributed by atoms with Crippen LogP contribution in [0.1, 0.15) is 45.7 Å². The Morgan fingerprint density at radius 2 is 1.39 bits per heavy atom. The van der Waals surface area contributed by atoms with Gasteiger partial charge in [-0.25, -0.2) is 4.79 Å². The first kappa shape index (κ1) is 19.3. The van der Waals surface area contributed by atoms with Crippen molar-refractivity contribution in [2.45, 2.75) is 46.4 Å². The molecule has 0 aliphatic rings. The normalized spacial score (nSPS) is 12.6. The Morgan fingerprint density at radius 1 is 1.00 bits per heavy atom. The highest BCUT2D eigenvalue weighted by atomic mass is 19.4. The van der Waals surface area contributed by atoms with Crippen molar-refractivity contribution >= 4 is 5.97 Å². The first-order chi connectivity index (χ1) is 10.4. The van der Waals surface area contributed by atoms with Gasteiger partial charge in [-0.2, -0.15) is 13.2 Å². The van der Waals surface area contributed by atoms with E-state index < -0.39 is 23.3 Å². The minimum absolute atomic E-state index is 0.123. The van der Waals surface area contributed by atoms with Gasteiger partial charge in [0, 0.05) is 5.57 Å². The largest absolute Gasteiger partial charge is 0.450 e. The second-order valence-electron chi connectivity index (χ2n) is 6.35.